The second-order valence-electron chi connectivity index (χ2n) is 6.65. The van der Waals surface area contributed by atoms with Gasteiger partial charge in [-0.25, -0.2) is 8.42 Å². The van der Waals surface area contributed by atoms with Crippen LogP contribution in [0.3, 0.4) is 0 Å². The standard InChI is InChI=1S/C15H24N4O3S/c1-3-4-14-13(7-16-17-14)15(20)19-9-11-5-6-12(19)10-18(8-11)23(2,21)22/h7,11-12H,3-6,8-10H2,1-2H3,(H,16,17)/t11-,12+/m0/s1. The van der Waals surface area contributed by atoms with Crippen LogP contribution < -0.4 is 0 Å². The first kappa shape index (κ1) is 16.4. The molecule has 1 amide bonds. The summed E-state index contributed by atoms with van der Waals surface area (Å²) in [6.45, 7) is 3.62. The number of hydrogen-bond donors (Lipinski definition) is 1. The Bertz CT molecular complexity index is 685. The summed E-state index contributed by atoms with van der Waals surface area (Å²) in [5, 5.41) is 6.93. The number of carbonyl (C=O) groups excluding carboxylic acids is 1. The van der Waals surface area contributed by atoms with Crippen LogP contribution in [0.1, 0.15) is 42.2 Å². The molecule has 0 saturated carbocycles. The van der Waals surface area contributed by atoms with Crippen molar-refractivity contribution in [3.05, 3.63) is 17.5 Å². The zero-order chi connectivity index (χ0) is 16.6. The summed E-state index contributed by atoms with van der Waals surface area (Å²) in [7, 11) is -3.22. The Kier molecular flexibility index (Phi) is 4.46. The maximum Gasteiger partial charge on any atom is 0.257 e. The van der Waals surface area contributed by atoms with Crippen LogP contribution in [0.4, 0.5) is 0 Å². The van der Waals surface area contributed by atoms with Gasteiger partial charge >= 0.3 is 0 Å². The summed E-state index contributed by atoms with van der Waals surface area (Å²) >= 11 is 0. The van der Waals surface area contributed by atoms with E-state index in [0.717, 1.165) is 31.4 Å². The monoisotopic (exact) mass is 340 g/mol. The van der Waals surface area contributed by atoms with Gasteiger partial charge in [0.1, 0.15) is 0 Å². The average molecular weight is 340 g/mol. The van der Waals surface area contributed by atoms with Crippen molar-refractivity contribution in [1.29, 1.82) is 0 Å². The van der Waals surface area contributed by atoms with Gasteiger partial charge in [-0.2, -0.15) is 9.40 Å². The number of amides is 1. The van der Waals surface area contributed by atoms with Crippen LogP contribution in [0.15, 0.2) is 6.20 Å². The number of aromatic amines is 1. The molecule has 3 aliphatic rings. The number of aromatic nitrogens is 2. The van der Waals surface area contributed by atoms with Crippen LogP contribution >= 0.6 is 0 Å². The summed E-state index contributed by atoms with van der Waals surface area (Å²) < 4.78 is 25.4. The lowest BCUT2D eigenvalue weighted by Gasteiger charge is -2.36. The highest BCUT2D eigenvalue weighted by Gasteiger charge is 2.40. The van der Waals surface area contributed by atoms with Crippen LogP contribution in [0, 0.1) is 5.92 Å². The van der Waals surface area contributed by atoms with Gasteiger partial charge in [0, 0.05) is 31.4 Å². The van der Waals surface area contributed by atoms with E-state index in [1.165, 1.54) is 10.6 Å². The van der Waals surface area contributed by atoms with Crippen molar-refractivity contribution in [2.45, 2.75) is 38.6 Å². The fraction of sp³-hybridized carbons (Fsp3) is 0.733. The second kappa shape index (κ2) is 6.24. The lowest BCUT2D eigenvalue weighted by molar-refractivity contribution is 0.0587. The van der Waals surface area contributed by atoms with Crippen LogP contribution in [0.25, 0.3) is 0 Å². The minimum Gasteiger partial charge on any atom is -0.334 e. The van der Waals surface area contributed by atoms with Crippen LogP contribution in [0.5, 0.6) is 0 Å². The summed E-state index contributed by atoms with van der Waals surface area (Å²) in [4.78, 5) is 14.8. The number of nitrogens with one attached hydrogen (secondary N) is 1. The van der Waals surface area contributed by atoms with Gasteiger partial charge in [0.15, 0.2) is 0 Å². The molecule has 1 aromatic heterocycles. The van der Waals surface area contributed by atoms with E-state index < -0.39 is 10.0 Å². The van der Waals surface area contributed by atoms with E-state index >= 15 is 0 Å². The molecule has 128 valence electrons. The highest BCUT2D eigenvalue weighted by molar-refractivity contribution is 7.88. The van der Waals surface area contributed by atoms with Crippen LogP contribution in [-0.2, 0) is 16.4 Å². The number of nitrogens with zero attached hydrogens (tertiary/aromatic N) is 3. The molecule has 3 fully saturated rings. The van der Waals surface area contributed by atoms with Gasteiger partial charge in [0.05, 0.1) is 18.0 Å². The van der Waals surface area contributed by atoms with Gasteiger partial charge in [-0.05, 0) is 25.2 Å². The molecule has 0 unspecified atom stereocenters. The first-order valence-electron chi connectivity index (χ1n) is 8.18. The topological polar surface area (TPSA) is 86.4 Å². The molecule has 0 aliphatic carbocycles. The number of sulfonamides is 1. The van der Waals surface area contributed by atoms with Crippen molar-refractivity contribution < 1.29 is 13.2 Å². The molecule has 3 aliphatic heterocycles. The zero-order valence-corrected chi connectivity index (χ0v) is 14.5. The van der Waals surface area contributed by atoms with Crippen LogP contribution in [0.2, 0.25) is 0 Å². The first-order valence-corrected chi connectivity index (χ1v) is 10.0. The highest BCUT2D eigenvalue weighted by Crippen LogP contribution is 2.30. The van der Waals surface area contributed by atoms with Crippen molar-refractivity contribution in [2.24, 2.45) is 5.92 Å². The number of fused-ring (bicyclic) bond motifs is 4. The SMILES string of the molecule is CCCc1[nH]ncc1C(=O)N1C[C@H]2CC[C@@H]1CN(S(C)(=O)=O)C2. The number of rotatable bonds is 4. The molecule has 23 heavy (non-hydrogen) atoms. The lowest BCUT2D eigenvalue weighted by Crippen LogP contribution is -2.47. The van der Waals surface area contributed by atoms with Gasteiger partial charge in [-0.15, -0.1) is 0 Å². The fourth-order valence-electron chi connectivity index (χ4n) is 3.65. The summed E-state index contributed by atoms with van der Waals surface area (Å²) in [5.74, 6) is 0.196. The first-order chi connectivity index (χ1) is 10.9. The summed E-state index contributed by atoms with van der Waals surface area (Å²) in [5.41, 5.74) is 1.50. The van der Waals surface area contributed by atoms with E-state index in [4.69, 9.17) is 0 Å². The second-order valence-corrected chi connectivity index (χ2v) is 8.63. The molecular weight excluding hydrogens is 316 g/mol. The van der Waals surface area contributed by atoms with E-state index in [-0.39, 0.29) is 17.9 Å². The smallest absolute Gasteiger partial charge is 0.257 e. The summed E-state index contributed by atoms with van der Waals surface area (Å²) in [6, 6.07) is -0.0413. The third kappa shape index (κ3) is 3.28. The Hall–Kier alpha value is -1.41. The zero-order valence-electron chi connectivity index (χ0n) is 13.7. The van der Waals surface area contributed by atoms with Gasteiger partial charge in [0.2, 0.25) is 10.0 Å². The van der Waals surface area contributed by atoms with E-state index in [1.54, 1.807) is 6.20 Å². The Labute approximate surface area is 137 Å². The number of H-pyrrole nitrogens is 1. The van der Waals surface area contributed by atoms with E-state index in [1.807, 2.05) is 4.90 Å². The fourth-order valence-corrected chi connectivity index (χ4v) is 4.58. The molecule has 2 atom stereocenters. The lowest BCUT2D eigenvalue weighted by atomic mass is 9.94. The Morgan fingerprint density at radius 3 is 2.83 bits per heavy atom. The van der Waals surface area contributed by atoms with Crippen molar-refractivity contribution >= 4 is 15.9 Å². The molecule has 1 N–H and O–H groups in total. The Morgan fingerprint density at radius 2 is 2.13 bits per heavy atom. The quantitative estimate of drug-likeness (QED) is 0.881. The molecule has 8 heteroatoms. The molecule has 0 radical (unpaired) electrons. The molecule has 7 nitrogen and oxygen atoms in total. The Morgan fingerprint density at radius 1 is 1.35 bits per heavy atom. The molecule has 0 aromatic carbocycles. The van der Waals surface area contributed by atoms with E-state index in [9.17, 15) is 13.2 Å². The van der Waals surface area contributed by atoms with E-state index in [2.05, 4.69) is 17.1 Å². The molecule has 0 spiro atoms. The predicted octanol–water partition coefficient (Wildman–Crippen LogP) is 0.858. The van der Waals surface area contributed by atoms with Crippen molar-refractivity contribution in [2.75, 3.05) is 25.9 Å². The third-order valence-corrected chi connectivity index (χ3v) is 6.09. The minimum absolute atomic E-state index is 0.0211. The highest BCUT2D eigenvalue weighted by atomic mass is 32.2. The van der Waals surface area contributed by atoms with Gasteiger partial charge in [-0.3, -0.25) is 9.89 Å². The van der Waals surface area contributed by atoms with E-state index in [0.29, 0.717) is 25.2 Å². The summed E-state index contributed by atoms with van der Waals surface area (Å²) in [6.07, 6.45) is 6.42. The normalized spacial score (nSPS) is 25.6. The van der Waals surface area contributed by atoms with Gasteiger partial charge < -0.3 is 4.90 Å². The molecule has 1 aromatic rings. The number of piperidine rings is 1. The van der Waals surface area contributed by atoms with Gasteiger partial charge in [-0.1, -0.05) is 13.3 Å². The average Bonchev–Trinajstić information content (AvgIpc) is 2.74. The molecule has 3 saturated heterocycles. The van der Waals surface area contributed by atoms with Crippen molar-refractivity contribution in [3.8, 4) is 0 Å². The minimum atomic E-state index is -3.22. The van der Waals surface area contributed by atoms with Crippen molar-refractivity contribution in [3.63, 3.8) is 0 Å². The number of hydrogen-bond acceptors (Lipinski definition) is 4. The number of carbonyl (C=O) groups is 1. The van der Waals surface area contributed by atoms with Crippen LogP contribution in [-0.4, -0.2) is 65.7 Å². The maximum atomic E-state index is 13.0. The Balaban J connectivity index is 1.84. The largest absolute Gasteiger partial charge is 0.334 e. The maximum absolute atomic E-state index is 13.0. The molecule has 2 bridgehead atoms. The van der Waals surface area contributed by atoms with Gasteiger partial charge in [0.25, 0.3) is 5.91 Å². The molecular formula is C15H24N4O3S. The number of aryl methyl sites for hydroxylation is 1. The molecule has 4 heterocycles. The third-order valence-electron chi connectivity index (χ3n) is 4.86. The predicted molar refractivity (Wildman–Crippen MR) is 86.5 cm³/mol. The van der Waals surface area contributed by atoms with Crippen molar-refractivity contribution in [1.82, 2.24) is 19.4 Å². The molecule has 4 rings (SSSR count).